The summed E-state index contributed by atoms with van der Waals surface area (Å²) in [4.78, 5) is 46.0. The summed E-state index contributed by atoms with van der Waals surface area (Å²) in [5, 5.41) is 0. The van der Waals surface area contributed by atoms with Gasteiger partial charge in [-0.25, -0.2) is 28.3 Å². The van der Waals surface area contributed by atoms with E-state index in [9.17, 15) is 36.0 Å². The van der Waals surface area contributed by atoms with Crippen LogP contribution in [-0.2, 0) is 33.1 Å². The second-order valence-electron chi connectivity index (χ2n) is 5.71. The molecule has 0 aliphatic heterocycles. The van der Waals surface area contributed by atoms with Crippen LogP contribution < -0.4 is 22.9 Å². The van der Waals surface area contributed by atoms with Gasteiger partial charge in [-0.05, 0) is 40.3 Å². The normalized spacial score (nSPS) is 12.3. The van der Waals surface area contributed by atoms with E-state index in [1.165, 1.54) is 13.8 Å². The lowest BCUT2D eigenvalue weighted by molar-refractivity contribution is 0.329. The first-order valence-corrected chi connectivity index (χ1v) is 11.1. The number of aromatic nitrogens is 4. The summed E-state index contributed by atoms with van der Waals surface area (Å²) < 4.78 is 60.4. The van der Waals surface area contributed by atoms with Crippen LogP contribution in [-0.4, -0.2) is 34.3 Å². The molecular formula is C14H14N4O10S2. The fraction of sp³-hybridized carbons (Fsp3) is 0.286. The van der Waals surface area contributed by atoms with Crippen molar-refractivity contribution in [2.45, 2.75) is 36.7 Å². The molecule has 0 atom stereocenters. The maximum atomic E-state index is 12.7. The van der Waals surface area contributed by atoms with E-state index in [1.807, 2.05) is 0 Å². The largest absolute Gasteiger partial charge is 0.443 e. The Labute approximate surface area is 166 Å². The Balaban J connectivity index is 2.20. The van der Waals surface area contributed by atoms with Gasteiger partial charge in [-0.1, -0.05) is 6.07 Å². The van der Waals surface area contributed by atoms with Gasteiger partial charge in [-0.2, -0.15) is 16.8 Å². The van der Waals surface area contributed by atoms with E-state index in [2.05, 4.69) is 9.05 Å². The molecule has 0 saturated heterocycles. The van der Waals surface area contributed by atoms with Crippen LogP contribution in [0.3, 0.4) is 0 Å². The number of hydrogen-bond acceptors (Lipinski definition) is 10. The molecule has 2 aromatic heterocycles. The van der Waals surface area contributed by atoms with Gasteiger partial charge in [-0.15, -0.1) is 0 Å². The Bertz CT molecular complexity index is 1460. The summed E-state index contributed by atoms with van der Waals surface area (Å²) in [6.45, 7) is 2.51. The molecule has 0 fully saturated rings. The standard InChI is InChI=1S/C14H14N4O10S2/c1-3-15-11(19)17(27-13(15)21)29(23,24)9-6-5-7-10(8-9)30(25,26)18-12(20)16(4-2)14(22)28-18/h5-8H,3-4H2,1-2H3. The Morgan fingerprint density at radius 2 is 1.10 bits per heavy atom. The van der Waals surface area contributed by atoms with E-state index in [0.29, 0.717) is 15.2 Å². The number of nitrogens with zero attached hydrogens (tertiary/aromatic N) is 4. The van der Waals surface area contributed by atoms with Gasteiger partial charge >= 0.3 is 22.9 Å². The average molecular weight is 462 g/mol. The number of rotatable bonds is 6. The zero-order valence-electron chi connectivity index (χ0n) is 15.4. The van der Waals surface area contributed by atoms with E-state index in [1.54, 1.807) is 0 Å². The van der Waals surface area contributed by atoms with Crippen LogP contribution in [0, 0.1) is 0 Å². The highest BCUT2D eigenvalue weighted by Crippen LogP contribution is 2.18. The molecule has 0 radical (unpaired) electrons. The van der Waals surface area contributed by atoms with Crippen LogP contribution in [0.25, 0.3) is 0 Å². The molecule has 0 bridgehead atoms. The summed E-state index contributed by atoms with van der Waals surface area (Å²) in [6.07, 6.45) is 0. The molecule has 14 nitrogen and oxygen atoms in total. The third-order valence-electron chi connectivity index (χ3n) is 4.01. The zero-order chi connectivity index (χ0) is 22.4. The van der Waals surface area contributed by atoms with Crippen molar-refractivity contribution < 1.29 is 25.9 Å². The van der Waals surface area contributed by atoms with Crippen LogP contribution in [0.15, 0.2) is 62.3 Å². The molecule has 0 spiro atoms. The molecular weight excluding hydrogens is 448 g/mol. The van der Waals surface area contributed by atoms with Gasteiger partial charge < -0.3 is 9.05 Å². The quantitative estimate of drug-likeness (QED) is 0.398. The molecule has 0 N–H and O–H groups in total. The van der Waals surface area contributed by atoms with Crippen molar-refractivity contribution in [1.29, 1.82) is 0 Å². The molecule has 0 aliphatic rings. The minimum Gasteiger partial charge on any atom is -0.301 e. The smallest absolute Gasteiger partial charge is 0.301 e. The highest BCUT2D eigenvalue weighted by Gasteiger charge is 2.29. The lowest BCUT2D eigenvalue weighted by Crippen LogP contribution is -2.32. The fourth-order valence-corrected chi connectivity index (χ4v) is 4.93. The zero-order valence-corrected chi connectivity index (χ0v) is 17.0. The molecule has 2 heterocycles. The summed E-state index contributed by atoms with van der Waals surface area (Å²) in [5.74, 6) is -2.44. The Morgan fingerprint density at radius 1 is 0.733 bits per heavy atom. The van der Waals surface area contributed by atoms with Gasteiger partial charge in [-0.3, -0.25) is 0 Å². The van der Waals surface area contributed by atoms with Crippen molar-refractivity contribution in [2.75, 3.05) is 0 Å². The van der Waals surface area contributed by atoms with E-state index in [0.717, 1.165) is 18.2 Å². The third-order valence-corrected chi connectivity index (χ3v) is 7.04. The first-order chi connectivity index (χ1) is 14.0. The lowest BCUT2D eigenvalue weighted by Gasteiger charge is -2.06. The minimum absolute atomic E-state index is 0.158. The molecule has 0 saturated carbocycles. The van der Waals surface area contributed by atoms with Crippen molar-refractivity contribution >= 4 is 20.0 Å². The Hall–Kier alpha value is -3.40. The van der Waals surface area contributed by atoms with Crippen LogP contribution >= 0.6 is 0 Å². The van der Waals surface area contributed by atoms with E-state index in [-0.39, 0.29) is 21.4 Å². The number of benzene rings is 1. The van der Waals surface area contributed by atoms with Gasteiger partial charge in [0.15, 0.2) is 0 Å². The predicted octanol–water partition coefficient (Wildman–Crippen LogP) is -1.97. The first kappa shape index (κ1) is 21.3. The van der Waals surface area contributed by atoms with Gasteiger partial charge in [0.1, 0.15) is 0 Å². The SMILES string of the molecule is CCn1c(=O)on(S(=O)(=O)c2cccc(S(=O)(=O)n3oc(=O)n(CC)c3=O)c2)c1=O. The van der Waals surface area contributed by atoms with Crippen molar-refractivity contribution in [3.8, 4) is 0 Å². The molecule has 30 heavy (non-hydrogen) atoms. The highest BCUT2D eigenvalue weighted by molar-refractivity contribution is 7.90. The van der Waals surface area contributed by atoms with Crippen molar-refractivity contribution in [1.82, 2.24) is 17.4 Å². The summed E-state index contributed by atoms with van der Waals surface area (Å²) in [7, 11) is -9.59. The van der Waals surface area contributed by atoms with Gasteiger partial charge in [0, 0.05) is 13.1 Å². The van der Waals surface area contributed by atoms with Crippen LogP contribution in [0.5, 0.6) is 0 Å². The monoisotopic (exact) mass is 462 g/mol. The summed E-state index contributed by atoms with van der Waals surface area (Å²) >= 11 is 0. The van der Waals surface area contributed by atoms with E-state index < -0.39 is 52.7 Å². The van der Waals surface area contributed by atoms with Crippen molar-refractivity contribution in [3.05, 3.63) is 66.3 Å². The Kier molecular flexibility index (Phi) is 5.07. The molecule has 3 aromatic rings. The second-order valence-corrected chi connectivity index (χ2v) is 9.21. The van der Waals surface area contributed by atoms with Crippen LogP contribution in [0.1, 0.15) is 13.8 Å². The molecule has 162 valence electrons. The number of hydrogen-bond donors (Lipinski definition) is 0. The molecule has 16 heteroatoms. The predicted molar refractivity (Wildman–Crippen MR) is 97.4 cm³/mol. The maximum Gasteiger partial charge on any atom is 0.443 e. The highest BCUT2D eigenvalue weighted by atomic mass is 32.2. The van der Waals surface area contributed by atoms with Gasteiger partial charge in [0.05, 0.1) is 9.79 Å². The molecule has 1 aromatic carbocycles. The minimum atomic E-state index is -4.80. The van der Waals surface area contributed by atoms with Crippen molar-refractivity contribution in [2.24, 2.45) is 0 Å². The second kappa shape index (κ2) is 7.13. The molecule has 0 amide bonds. The van der Waals surface area contributed by atoms with E-state index in [4.69, 9.17) is 0 Å². The summed E-state index contributed by atoms with van der Waals surface area (Å²) in [6, 6.07) is 3.52. The Morgan fingerprint density at radius 3 is 1.40 bits per heavy atom. The first-order valence-electron chi connectivity index (χ1n) is 8.24. The van der Waals surface area contributed by atoms with Gasteiger partial charge in [0.2, 0.25) is 0 Å². The fourth-order valence-electron chi connectivity index (χ4n) is 2.49. The third kappa shape index (κ3) is 3.09. The summed E-state index contributed by atoms with van der Waals surface area (Å²) in [5.41, 5.74) is -2.56. The molecule has 0 aliphatic carbocycles. The van der Waals surface area contributed by atoms with E-state index >= 15 is 0 Å². The maximum absolute atomic E-state index is 12.7. The van der Waals surface area contributed by atoms with Gasteiger partial charge in [0.25, 0.3) is 20.0 Å². The average Bonchev–Trinajstić information content (AvgIpc) is 3.16. The van der Waals surface area contributed by atoms with Crippen molar-refractivity contribution in [3.63, 3.8) is 0 Å². The molecule has 0 unspecified atom stereocenters. The molecule has 3 rings (SSSR count). The topological polar surface area (TPSA) is 183 Å². The van der Waals surface area contributed by atoms with Crippen LogP contribution in [0.4, 0.5) is 0 Å². The van der Waals surface area contributed by atoms with Crippen LogP contribution in [0.2, 0.25) is 0 Å². The lowest BCUT2D eigenvalue weighted by atomic mass is 10.4.